The Morgan fingerprint density at radius 1 is 1.00 bits per heavy atom. The van der Waals surface area contributed by atoms with E-state index in [1.165, 1.54) is 25.7 Å². The molecule has 0 aromatic heterocycles. The molecule has 1 rings (SSSR count). The fourth-order valence-corrected chi connectivity index (χ4v) is 2.78. The number of guanidine groups is 1. The number of nitrogens with zero attached hydrogens (tertiary/aromatic N) is 1. The van der Waals surface area contributed by atoms with Crippen LogP contribution in [0.15, 0.2) is 4.99 Å². The Hall–Kier alpha value is -1.06. The van der Waals surface area contributed by atoms with Crippen molar-refractivity contribution in [2.24, 2.45) is 10.9 Å². The Bertz CT molecular complexity index is 443. The molecule has 0 atom stereocenters. The van der Waals surface area contributed by atoms with E-state index in [4.69, 9.17) is 0 Å². The van der Waals surface area contributed by atoms with Crippen molar-refractivity contribution in [2.75, 3.05) is 26.7 Å². The van der Waals surface area contributed by atoms with E-state index < -0.39 is 0 Å². The quantitative estimate of drug-likeness (QED) is 0.197. The van der Waals surface area contributed by atoms with Gasteiger partial charge < -0.3 is 21.3 Å². The van der Waals surface area contributed by atoms with E-state index in [9.17, 15) is 9.59 Å². The van der Waals surface area contributed by atoms with Gasteiger partial charge in [0.2, 0.25) is 11.8 Å². The standard InChI is InChI=1S/C17H33N5O2.HI/c1-17(2,3)22-15(24)12-21-16(18-4)20-10-9-19-14(23)11-13-7-5-6-8-13;/h13H,5-12H2,1-4H3,(H,19,23)(H,22,24)(H2,18,20,21);1H. The molecule has 146 valence electrons. The first kappa shape index (κ1) is 23.9. The van der Waals surface area contributed by atoms with Crippen molar-refractivity contribution in [3.63, 3.8) is 0 Å². The fourth-order valence-electron chi connectivity index (χ4n) is 2.78. The number of nitrogens with one attached hydrogen (secondary N) is 4. The molecule has 1 fully saturated rings. The summed E-state index contributed by atoms with van der Waals surface area (Å²) in [5.74, 6) is 1.14. The lowest BCUT2D eigenvalue weighted by atomic mass is 10.0. The van der Waals surface area contributed by atoms with Gasteiger partial charge in [0.25, 0.3) is 0 Å². The van der Waals surface area contributed by atoms with Crippen LogP contribution in [0.1, 0.15) is 52.9 Å². The van der Waals surface area contributed by atoms with Crippen molar-refractivity contribution in [1.29, 1.82) is 0 Å². The maximum Gasteiger partial charge on any atom is 0.239 e. The lowest BCUT2D eigenvalue weighted by molar-refractivity contribution is -0.122. The number of aliphatic imine (C=N–C) groups is 1. The summed E-state index contributed by atoms with van der Waals surface area (Å²) in [5, 5.41) is 11.8. The molecule has 0 bridgehead atoms. The average Bonchev–Trinajstić information content (AvgIpc) is 2.97. The normalized spacial score (nSPS) is 15.3. The molecule has 0 spiro atoms. The summed E-state index contributed by atoms with van der Waals surface area (Å²) in [4.78, 5) is 27.6. The molecule has 0 aromatic rings. The van der Waals surface area contributed by atoms with Crippen molar-refractivity contribution in [2.45, 2.75) is 58.4 Å². The largest absolute Gasteiger partial charge is 0.355 e. The van der Waals surface area contributed by atoms with Gasteiger partial charge in [-0.2, -0.15) is 0 Å². The lowest BCUT2D eigenvalue weighted by Gasteiger charge is -2.21. The van der Waals surface area contributed by atoms with Crippen LogP contribution < -0.4 is 21.3 Å². The summed E-state index contributed by atoms with van der Waals surface area (Å²) in [5.41, 5.74) is -0.251. The first-order valence-electron chi connectivity index (χ1n) is 8.82. The number of hydrogen-bond donors (Lipinski definition) is 4. The van der Waals surface area contributed by atoms with Gasteiger partial charge in [0.05, 0.1) is 6.54 Å². The summed E-state index contributed by atoms with van der Waals surface area (Å²) < 4.78 is 0. The predicted molar refractivity (Wildman–Crippen MR) is 112 cm³/mol. The van der Waals surface area contributed by atoms with Crippen LogP contribution in [0.4, 0.5) is 0 Å². The molecular weight excluding hydrogens is 433 g/mol. The zero-order valence-electron chi connectivity index (χ0n) is 15.9. The highest BCUT2D eigenvalue weighted by atomic mass is 127. The van der Waals surface area contributed by atoms with Crippen LogP contribution in [0.2, 0.25) is 0 Å². The van der Waals surface area contributed by atoms with Gasteiger partial charge in [-0.1, -0.05) is 12.8 Å². The fraction of sp³-hybridized carbons (Fsp3) is 0.824. The maximum absolute atomic E-state index is 11.8. The molecule has 2 amide bonds. The van der Waals surface area contributed by atoms with Crippen LogP contribution in [-0.2, 0) is 9.59 Å². The molecule has 7 nitrogen and oxygen atoms in total. The predicted octanol–water partition coefficient (Wildman–Crippen LogP) is 1.38. The van der Waals surface area contributed by atoms with Crippen LogP contribution in [0.25, 0.3) is 0 Å². The molecular formula is C17H34IN5O2. The Morgan fingerprint density at radius 2 is 1.60 bits per heavy atom. The molecule has 0 aromatic carbocycles. The second-order valence-electron chi connectivity index (χ2n) is 7.36. The highest BCUT2D eigenvalue weighted by Crippen LogP contribution is 2.27. The van der Waals surface area contributed by atoms with E-state index in [0.29, 0.717) is 31.4 Å². The minimum atomic E-state index is -0.251. The summed E-state index contributed by atoms with van der Waals surface area (Å²) in [7, 11) is 1.65. The van der Waals surface area contributed by atoms with Crippen molar-refractivity contribution in [1.82, 2.24) is 21.3 Å². The van der Waals surface area contributed by atoms with Crippen molar-refractivity contribution >= 4 is 41.8 Å². The molecule has 0 aliphatic heterocycles. The topological polar surface area (TPSA) is 94.6 Å². The first-order chi connectivity index (χ1) is 11.3. The van der Waals surface area contributed by atoms with Gasteiger partial charge in [-0.25, -0.2) is 0 Å². The second kappa shape index (κ2) is 12.3. The number of rotatable bonds is 7. The molecule has 0 heterocycles. The highest BCUT2D eigenvalue weighted by Gasteiger charge is 2.18. The Morgan fingerprint density at radius 3 is 2.16 bits per heavy atom. The molecule has 0 saturated heterocycles. The summed E-state index contributed by atoms with van der Waals surface area (Å²) in [6.07, 6.45) is 5.51. The van der Waals surface area contributed by atoms with Crippen LogP contribution in [-0.4, -0.2) is 50.0 Å². The third-order valence-electron chi connectivity index (χ3n) is 3.84. The summed E-state index contributed by atoms with van der Waals surface area (Å²) >= 11 is 0. The van der Waals surface area contributed by atoms with Gasteiger partial charge in [-0.05, 0) is 39.5 Å². The van der Waals surface area contributed by atoms with Crippen LogP contribution in [0.5, 0.6) is 0 Å². The highest BCUT2D eigenvalue weighted by molar-refractivity contribution is 14.0. The van der Waals surface area contributed by atoms with E-state index in [1.807, 2.05) is 20.8 Å². The summed E-state index contributed by atoms with van der Waals surface area (Å²) in [6, 6.07) is 0. The van der Waals surface area contributed by atoms with Gasteiger partial charge in [-0.15, -0.1) is 24.0 Å². The van der Waals surface area contributed by atoms with Gasteiger partial charge in [0, 0.05) is 32.1 Å². The number of halogens is 1. The van der Waals surface area contributed by atoms with Crippen LogP contribution in [0, 0.1) is 5.92 Å². The first-order valence-corrected chi connectivity index (χ1v) is 8.82. The molecule has 8 heteroatoms. The Balaban J connectivity index is 0.00000576. The second-order valence-corrected chi connectivity index (χ2v) is 7.36. The summed E-state index contributed by atoms with van der Waals surface area (Å²) in [6.45, 7) is 7.08. The lowest BCUT2D eigenvalue weighted by Crippen LogP contribution is -2.49. The van der Waals surface area contributed by atoms with E-state index in [-0.39, 0.29) is 47.9 Å². The average molecular weight is 467 g/mol. The minimum absolute atomic E-state index is 0. The molecule has 0 radical (unpaired) electrons. The SMILES string of the molecule is CN=C(NCCNC(=O)CC1CCCC1)NCC(=O)NC(C)(C)C.I. The van der Waals surface area contributed by atoms with Crippen molar-refractivity contribution in [3.05, 3.63) is 0 Å². The maximum atomic E-state index is 11.8. The van der Waals surface area contributed by atoms with E-state index in [0.717, 1.165) is 0 Å². The molecule has 0 unspecified atom stereocenters. The molecule has 1 aliphatic rings. The number of carbonyl (C=O) groups is 2. The van der Waals surface area contributed by atoms with Gasteiger partial charge in [0.15, 0.2) is 5.96 Å². The number of carbonyl (C=O) groups excluding carboxylic acids is 2. The van der Waals surface area contributed by atoms with Gasteiger partial charge in [-0.3, -0.25) is 14.6 Å². The van der Waals surface area contributed by atoms with Crippen molar-refractivity contribution < 1.29 is 9.59 Å². The van der Waals surface area contributed by atoms with E-state index in [2.05, 4.69) is 26.3 Å². The van der Waals surface area contributed by atoms with E-state index in [1.54, 1.807) is 7.05 Å². The molecule has 25 heavy (non-hydrogen) atoms. The van der Waals surface area contributed by atoms with E-state index >= 15 is 0 Å². The Labute approximate surface area is 168 Å². The van der Waals surface area contributed by atoms with Crippen LogP contribution in [0.3, 0.4) is 0 Å². The van der Waals surface area contributed by atoms with Crippen LogP contribution >= 0.6 is 24.0 Å². The minimum Gasteiger partial charge on any atom is -0.355 e. The monoisotopic (exact) mass is 467 g/mol. The smallest absolute Gasteiger partial charge is 0.239 e. The molecule has 1 aliphatic carbocycles. The van der Waals surface area contributed by atoms with Crippen molar-refractivity contribution in [3.8, 4) is 0 Å². The number of hydrogen-bond acceptors (Lipinski definition) is 3. The number of amides is 2. The molecule has 1 saturated carbocycles. The zero-order valence-corrected chi connectivity index (χ0v) is 18.2. The zero-order chi connectivity index (χ0) is 18.0. The molecule has 4 N–H and O–H groups in total. The van der Waals surface area contributed by atoms with Gasteiger partial charge in [0.1, 0.15) is 0 Å². The third kappa shape index (κ3) is 12.0. The third-order valence-corrected chi connectivity index (χ3v) is 3.84. The van der Waals surface area contributed by atoms with Gasteiger partial charge >= 0.3 is 0 Å². The Kier molecular flexibility index (Phi) is 11.8.